The maximum absolute atomic E-state index is 3.96. The van der Waals surface area contributed by atoms with Crippen LogP contribution in [0.3, 0.4) is 0 Å². The van der Waals surface area contributed by atoms with Gasteiger partial charge in [-0.2, -0.15) is 11.1 Å². The van der Waals surface area contributed by atoms with Gasteiger partial charge < -0.3 is 37.2 Å². The van der Waals surface area contributed by atoms with Crippen LogP contribution in [0.15, 0.2) is 65.3 Å². The summed E-state index contributed by atoms with van der Waals surface area (Å²) in [6.45, 7) is 21.5. The molecule has 0 amide bonds. The third kappa shape index (κ3) is 5.77. The van der Waals surface area contributed by atoms with Gasteiger partial charge in [0.05, 0.1) is 8.07 Å². The van der Waals surface area contributed by atoms with E-state index in [9.17, 15) is 0 Å². The quantitative estimate of drug-likeness (QED) is 0.272. The van der Waals surface area contributed by atoms with Crippen LogP contribution in [-0.4, -0.2) is 16.1 Å². The molecule has 172 valence electrons. The maximum atomic E-state index is 3.96. The first-order valence-corrected chi connectivity index (χ1v) is 16.4. The zero-order chi connectivity index (χ0) is 20.9. The van der Waals surface area contributed by atoms with E-state index in [2.05, 4.69) is 115 Å². The number of allylic oxidation sites excluding steroid dienone is 4. The minimum Gasteiger partial charge on any atom is -1.00 e. The summed E-state index contributed by atoms with van der Waals surface area (Å²) in [4.78, 5) is 0. The molecular formula is C26H35Cl3Si2Ti. The third-order valence-electron chi connectivity index (χ3n) is 7.18. The van der Waals surface area contributed by atoms with E-state index in [1.807, 2.05) is 0 Å². The van der Waals surface area contributed by atoms with Gasteiger partial charge in [-0.05, 0) is 6.92 Å². The van der Waals surface area contributed by atoms with Gasteiger partial charge in [-0.1, -0.05) is 122 Å². The first-order chi connectivity index (χ1) is 12.9. The first-order valence-electron chi connectivity index (χ1n) is 10.4. The zero-order valence-corrected chi connectivity index (χ0v) is 26.6. The van der Waals surface area contributed by atoms with Gasteiger partial charge in [0, 0.05) is 0 Å². The molecule has 1 aliphatic rings. The van der Waals surface area contributed by atoms with Crippen molar-refractivity contribution in [2.75, 3.05) is 0 Å². The molecule has 0 bridgehead atoms. The van der Waals surface area contributed by atoms with E-state index in [0.29, 0.717) is 0 Å². The van der Waals surface area contributed by atoms with Crippen molar-refractivity contribution in [3.63, 3.8) is 0 Å². The van der Waals surface area contributed by atoms with Gasteiger partial charge >= 0.3 is 21.7 Å². The molecule has 32 heavy (non-hydrogen) atoms. The summed E-state index contributed by atoms with van der Waals surface area (Å²) in [6, 6.07) is 18.7. The Bertz CT molecular complexity index is 980. The second-order valence-corrected chi connectivity index (χ2v) is 19.4. The van der Waals surface area contributed by atoms with Crippen LogP contribution in [0.2, 0.25) is 31.2 Å². The van der Waals surface area contributed by atoms with Gasteiger partial charge in [-0.25, -0.2) is 5.57 Å². The molecule has 0 saturated carbocycles. The molecule has 3 rings (SSSR count). The van der Waals surface area contributed by atoms with Crippen LogP contribution < -0.4 is 52.8 Å². The van der Waals surface area contributed by atoms with E-state index < -0.39 is 16.1 Å². The predicted molar refractivity (Wildman–Crippen MR) is 131 cm³/mol. The number of halogens is 3. The minimum atomic E-state index is -2.15. The second kappa shape index (κ2) is 12.1. The summed E-state index contributed by atoms with van der Waals surface area (Å²) in [6.07, 6.45) is 3.96. The normalized spacial score (nSPS) is 19.5. The molecule has 0 fully saturated rings. The van der Waals surface area contributed by atoms with Crippen molar-refractivity contribution in [3.05, 3.63) is 76.9 Å². The van der Waals surface area contributed by atoms with Crippen LogP contribution >= 0.6 is 0 Å². The third-order valence-corrected chi connectivity index (χ3v) is 14.6. The van der Waals surface area contributed by atoms with Gasteiger partial charge in [0.1, 0.15) is 8.07 Å². The van der Waals surface area contributed by atoms with Crippen LogP contribution in [0, 0.1) is 13.0 Å². The predicted octanol–water partition coefficient (Wildman–Crippen LogP) is -3.40. The van der Waals surface area contributed by atoms with Gasteiger partial charge in [0.25, 0.3) is 0 Å². The molecule has 2 aromatic rings. The topological polar surface area (TPSA) is 0 Å². The Morgan fingerprint density at radius 2 is 1.22 bits per heavy atom. The molecular weight excluding hydrogens is 523 g/mol. The Morgan fingerprint density at radius 3 is 1.66 bits per heavy atom. The molecule has 0 N–H and O–H groups in total. The van der Waals surface area contributed by atoms with Crippen LogP contribution in [0.4, 0.5) is 0 Å². The summed E-state index contributed by atoms with van der Waals surface area (Å²) in [5, 5.41) is 4.58. The molecule has 0 spiro atoms. The number of hydrogen-bond donors (Lipinski definition) is 0. The summed E-state index contributed by atoms with van der Waals surface area (Å²) in [7, 11) is -3.55. The Morgan fingerprint density at radius 1 is 0.719 bits per heavy atom. The van der Waals surface area contributed by atoms with Crippen LogP contribution in [0.1, 0.15) is 33.3 Å². The van der Waals surface area contributed by atoms with E-state index in [1.54, 1.807) is 10.4 Å². The fourth-order valence-electron chi connectivity index (χ4n) is 4.74. The van der Waals surface area contributed by atoms with Crippen molar-refractivity contribution in [1.29, 1.82) is 0 Å². The van der Waals surface area contributed by atoms with E-state index >= 15 is 0 Å². The van der Waals surface area contributed by atoms with E-state index in [-0.39, 0.29) is 64.0 Å². The fraction of sp³-hybridized carbons (Fsp3) is 0.385. The standard InChI is InChI=1S/C26H35Si2.3ClH.Ti/c1-19-15-24(27(6,7)8)17-25(16-19)28(9,23-13-11-10-12-14-23)26(5)18-20(2)21(3)22(26)4;;;;/h10-17H,1-9H3;3*1H;/q-1;;;;+4/p-3. The second-order valence-electron chi connectivity index (χ2n) is 9.95. The summed E-state index contributed by atoms with van der Waals surface area (Å²) in [5.74, 6) is 0. The Kier molecular flexibility index (Phi) is 12.9. The van der Waals surface area contributed by atoms with Crippen LogP contribution in [0.5, 0.6) is 0 Å². The van der Waals surface area contributed by atoms with Crippen LogP contribution in [-0.2, 0) is 21.7 Å². The monoisotopic (exact) mass is 556 g/mol. The van der Waals surface area contributed by atoms with Crippen molar-refractivity contribution in [2.45, 2.75) is 65.8 Å². The molecule has 2 unspecified atom stereocenters. The molecule has 2 atom stereocenters. The number of hydrogen-bond acceptors (Lipinski definition) is 0. The van der Waals surface area contributed by atoms with E-state index in [1.165, 1.54) is 27.5 Å². The van der Waals surface area contributed by atoms with Gasteiger partial charge in [0.2, 0.25) is 0 Å². The van der Waals surface area contributed by atoms with E-state index in [4.69, 9.17) is 0 Å². The molecule has 1 aliphatic carbocycles. The van der Waals surface area contributed by atoms with Crippen molar-refractivity contribution >= 4 is 31.7 Å². The van der Waals surface area contributed by atoms with Crippen molar-refractivity contribution in [2.24, 2.45) is 0 Å². The summed E-state index contributed by atoms with van der Waals surface area (Å²) in [5.41, 5.74) is 5.65. The van der Waals surface area contributed by atoms with E-state index in [0.717, 1.165) is 0 Å². The van der Waals surface area contributed by atoms with Gasteiger partial charge in [0.15, 0.2) is 0 Å². The largest absolute Gasteiger partial charge is 4.00 e. The zero-order valence-electron chi connectivity index (χ0n) is 20.8. The molecule has 0 aliphatic heterocycles. The minimum absolute atomic E-state index is 0. The van der Waals surface area contributed by atoms with Gasteiger partial charge in [-0.3, -0.25) is 6.08 Å². The average molecular weight is 558 g/mol. The molecule has 0 radical (unpaired) electrons. The molecule has 6 heteroatoms. The Balaban J connectivity index is 0. The smallest absolute Gasteiger partial charge is 1.00 e. The number of benzene rings is 2. The fourth-order valence-corrected chi connectivity index (χ4v) is 10.8. The van der Waals surface area contributed by atoms with Crippen LogP contribution in [0.25, 0.3) is 0 Å². The molecule has 0 heterocycles. The first kappa shape index (κ1) is 34.1. The number of aryl methyl sites for hydroxylation is 1. The number of rotatable bonds is 4. The van der Waals surface area contributed by atoms with Crippen molar-refractivity contribution < 1.29 is 58.9 Å². The molecule has 0 nitrogen and oxygen atoms in total. The Labute approximate surface area is 231 Å². The van der Waals surface area contributed by atoms with Crippen molar-refractivity contribution in [1.82, 2.24) is 0 Å². The molecule has 2 aromatic carbocycles. The summed E-state index contributed by atoms with van der Waals surface area (Å²) >= 11 is 0. The van der Waals surface area contributed by atoms with Crippen molar-refractivity contribution in [3.8, 4) is 0 Å². The SMILES string of the molecule is CC1=[C-]C(C)([Si](C)(c2ccccc2)c2cc(C)cc([Si](C)(C)C)c2)C(C)=C1C.[Cl-].[Cl-].[Cl-].[Ti+4]. The maximum Gasteiger partial charge on any atom is 4.00 e. The molecule has 0 aromatic heterocycles. The molecule has 0 saturated heterocycles. The Hall–Kier alpha value is -0.0619. The average Bonchev–Trinajstić information content (AvgIpc) is 2.84. The van der Waals surface area contributed by atoms with Gasteiger partial charge in [-0.15, -0.1) is 6.92 Å². The summed E-state index contributed by atoms with van der Waals surface area (Å²) < 4.78 is 0.